The number of anilines is 1. The predicted molar refractivity (Wildman–Crippen MR) is 131 cm³/mol. The van der Waals surface area contributed by atoms with Crippen LogP contribution in [0.4, 0.5) is 11.4 Å². The first kappa shape index (κ1) is 22.4. The van der Waals surface area contributed by atoms with Crippen LogP contribution in [-0.2, 0) is 0 Å². The van der Waals surface area contributed by atoms with Gasteiger partial charge in [-0.3, -0.25) is 4.90 Å². The summed E-state index contributed by atoms with van der Waals surface area (Å²) >= 11 is 0. The Bertz CT molecular complexity index is 1140. The Morgan fingerprint density at radius 1 is 1.18 bits per heavy atom. The van der Waals surface area contributed by atoms with Crippen LogP contribution in [0.1, 0.15) is 53.9 Å². The number of hydrogen-bond acceptors (Lipinski definition) is 4. The summed E-state index contributed by atoms with van der Waals surface area (Å²) in [5.74, 6) is 1.31. The van der Waals surface area contributed by atoms with Gasteiger partial charge in [-0.15, -0.1) is 0 Å². The largest absolute Gasteiger partial charge is 0.478 e. The summed E-state index contributed by atoms with van der Waals surface area (Å²) in [5, 5.41) is 18.8. The van der Waals surface area contributed by atoms with Crippen LogP contribution in [0.5, 0.6) is 0 Å². The molecule has 6 heteroatoms. The van der Waals surface area contributed by atoms with E-state index in [-0.39, 0.29) is 11.1 Å². The van der Waals surface area contributed by atoms with Crippen molar-refractivity contribution in [3.05, 3.63) is 71.1 Å². The molecule has 6 nitrogen and oxygen atoms in total. The highest BCUT2D eigenvalue weighted by atomic mass is 16.4. The van der Waals surface area contributed by atoms with Crippen molar-refractivity contribution in [2.45, 2.75) is 43.6 Å². The molecule has 2 unspecified atom stereocenters. The zero-order valence-electron chi connectivity index (χ0n) is 19.4. The summed E-state index contributed by atoms with van der Waals surface area (Å²) in [6, 6.07) is 18.0. The Morgan fingerprint density at radius 3 is 2.56 bits per heavy atom. The lowest BCUT2D eigenvalue weighted by Crippen LogP contribution is -2.71. The number of carbonyl (C=O) groups is 1. The molecule has 1 saturated carbocycles. The van der Waals surface area contributed by atoms with Crippen LogP contribution in [-0.4, -0.2) is 47.7 Å². The third kappa shape index (κ3) is 4.27. The Kier molecular flexibility index (Phi) is 6.02. The molecule has 2 atom stereocenters. The molecule has 0 spiro atoms. The number of nitrogens with zero attached hydrogens (tertiary/aromatic N) is 4. The quantitative estimate of drug-likeness (QED) is 0.574. The molecule has 0 radical (unpaired) electrons. The lowest BCUT2D eigenvalue weighted by Gasteiger charge is -2.57. The fourth-order valence-electron chi connectivity index (χ4n) is 6.11. The van der Waals surface area contributed by atoms with Crippen LogP contribution in [0.15, 0.2) is 48.5 Å². The number of carboxylic acid groups (broad SMARTS) is 1. The van der Waals surface area contributed by atoms with Crippen molar-refractivity contribution in [2.75, 3.05) is 31.1 Å². The monoisotopic (exact) mass is 454 g/mol. The summed E-state index contributed by atoms with van der Waals surface area (Å²) in [5.41, 5.74) is 2.58. The number of rotatable bonds is 7. The molecule has 5 rings (SSSR count). The van der Waals surface area contributed by atoms with Gasteiger partial charge in [0.05, 0.1) is 24.6 Å². The van der Waals surface area contributed by atoms with Crippen molar-refractivity contribution in [3.63, 3.8) is 0 Å². The van der Waals surface area contributed by atoms with Gasteiger partial charge >= 0.3 is 5.97 Å². The molecule has 2 aromatic carbocycles. The highest BCUT2D eigenvalue weighted by Gasteiger charge is 2.49. The zero-order valence-corrected chi connectivity index (χ0v) is 19.4. The molecule has 2 heterocycles. The normalized spacial score (nSPS) is 24.0. The van der Waals surface area contributed by atoms with Gasteiger partial charge in [-0.05, 0) is 80.3 Å². The summed E-state index contributed by atoms with van der Waals surface area (Å²) in [6.45, 7) is 10.9. The van der Waals surface area contributed by atoms with Gasteiger partial charge in [-0.25, -0.2) is 9.64 Å². The molecule has 2 aromatic rings. The SMILES string of the molecule is [C-]#[N+]c1cc(C(=O)O)ccc1N1CC(CC#N)(N2CCC(CC3CC3c3ccccc3)CC2)C1. The predicted octanol–water partition coefficient (Wildman–Crippen LogP) is 5.31. The molecule has 2 aliphatic heterocycles. The molecule has 2 saturated heterocycles. The van der Waals surface area contributed by atoms with Crippen molar-refractivity contribution in [1.29, 1.82) is 5.26 Å². The Morgan fingerprint density at radius 2 is 1.91 bits per heavy atom. The minimum absolute atomic E-state index is 0.130. The van der Waals surface area contributed by atoms with E-state index in [0.29, 0.717) is 25.2 Å². The molecular weight excluding hydrogens is 424 g/mol. The average Bonchev–Trinajstić information content (AvgIpc) is 3.61. The Labute approximate surface area is 201 Å². The topological polar surface area (TPSA) is 71.9 Å². The fourth-order valence-corrected chi connectivity index (χ4v) is 6.11. The highest BCUT2D eigenvalue weighted by molar-refractivity contribution is 5.91. The first-order valence-electron chi connectivity index (χ1n) is 12.2. The van der Waals surface area contributed by atoms with Crippen molar-refractivity contribution >= 4 is 17.3 Å². The van der Waals surface area contributed by atoms with E-state index in [1.165, 1.54) is 37.3 Å². The lowest BCUT2D eigenvalue weighted by atomic mass is 9.80. The highest BCUT2D eigenvalue weighted by Crippen LogP contribution is 2.52. The van der Waals surface area contributed by atoms with Crippen LogP contribution in [0.25, 0.3) is 4.85 Å². The number of hydrogen-bond donors (Lipinski definition) is 1. The molecule has 174 valence electrons. The number of carboxylic acids is 1. The van der Waals surface area contributed by atoms with E-state index in [9.17, 15) is 15.2 Å². The fraction of sp³-hybridized carbons (Fsp3) is 0.464. The van der Waals surface area contributed by atoms with Gasteiger partial charge in [0.2, 0.25) is 5.69 Å². The average molecular weight is 455 g/mol. The standard InChI is InChI=1S/C28H30N4O2/c1-30-25-17-22(27(33)34)7-8-26(25)31-18-28(19-31,11-12-29)32-13-9-20(10-14-32)15-23-16-24(23)21-5-3-2-4-6-21/h2-8,17,20,23-24H,9-11,13-16,18-19H2,(H,33,34). The van der Waals surface area contributed by atoms with Crippen LogP contribution in [0, 0.1) is 29.7 Å². The van der Waals surface area contributed by atoms with E-state index in [4.69, 9.17) is 6.57 Å². The minimum atomic E-state index is -1.02. The first-order valence-corrected chi connectivity index (χ1v) is 12.2. The first-order chi connectivity index (χ1) is 16.5. The Hall–Kier alpha value is -3.35. The molecular formula is C28H30N4O2. The molecule has 1 N–H and O–H groups in total. The minimum Gasteiger partial charge on any atom is -0.478 e. The molecule has 3 aliphatic rings. The third-order valence-electron chi connectivity index (χ3n) is 8.13. The van der Waals surface area contributed by atoms with E-state index < -0.39 is 5.97 Å². The van der Waals surface area contributed by atoms with E-state index in [1.807, 2.05) is 0 Å². The summed E-state index contributed by atoms with van der Waals surface area (Å²) in [7, 11) is 0. The van der Waals surface area contributed by atoms with E-state index in [1.54, 1.807) is 12.1 Å². The second-order valence-electron chi connectivity index (χ2n) is 10.2. The van der Waals surface area contributed by atoms with Gasteiger partial charge in [0.1, 0.15) is 0 Å². The molecule has 0 amide bonds. The van der Waals surface area contributed by atoms with Crippen LogP contribution >= 0.6 is 0 Å². The van der Waals surface area contributed by atoms with Crippen molar-refractivity contribution in [3.8, 4) is 6.07 Å². The summed E-state index contributed by atoms with van der Waals surface area (Å²) in [4.78, 5) is 19.4. The molecule has 0 bridgehead atoms. The number of nitriles is 1. The van der Waals surface area contributed by atoms with Crippen molar-refractivity contribution < 1.29 is 9.90 Å². The smallest absolute Gasteiger partial charge is 0.334 e. The van der Waals surface area contributed by atoms with Gasteiger partial charge in [-0.2, -0.15) is 5.26 Å². The Balaban J connectivity index is 1.18. The van der Waals surface area contributed by atoms with Crippen molar-refractivity contribution in [2.24, 2.45) is 11.8 Å². The second-order valence-corrected chi connectivity index (χ2v) is 10.2. The molecule has 34 heavy (non-hydrogen) atoms. The summed E-state index contributed by atoms with van der Waals surface area (Å²) in [6.07, 6.45) is 5.49. The second kappa shape index (κ2) is 9.12. The summed E-state index contributed by atoms with van der Waals surface area (Å²) < 4.78 is 0. The maximum absolute atomic E-state index is 11.3. The number of piperidine rings is 1. The lowest BCUT2D eigenvalue weighted by molar-refractivity contribution is 0.0280. The van der Waals surface area contributed by atoms with Crippen molar-refractivity contribution in [1.82, 2.24) is 4.90 Å². The molecule has 0 aromatic heterocycles. The maximum atomic E-state index is 11.3. The molecule has 1 aliphatic carbocycles. The van der Waals surface area contributed by atoms with Crippen LogP contribution in [0.2, 0.25) is 0 Å². The number of aromatic carboxylic acids is 1. The van der Waals surface area contributed by atoms with Gasteiger partial charge in [0, 0.05) is 24.3 Å². The van der Waals surface area contributed by atoms with Gasteiger partial charge < -0.3 is 10.0 Å². The van der Waals surface area contributed by atoms with Crippen LogP contribution in [0.3, 0.4) is 0 Å². The number of likely N-dealkylation sites (tertiary alicyclic amines) is 1. The van der Waals surface area contributed by atoms with Gasteiger partial charge in [0.25, 0.3) is 0 Å². The van der Waals surface area contributed by atoms with E-state index in [0.717, 1.165) is 36.5 Å². The third-order valence-corrected chi connectivity index (χ3v) is 8.13. The zero-order chi connectivity index (χ0) is 23.7. The maximum Gasteiger partial charge on any atom is 0.334 e. The number of benzene rings is 2. The van der Waals surface area contributed by atoms with Gasteiger partial charge in [-0.1, -0.05) is 30.3 Å². The molecule has 3 fully saturated rings. The van der Waals surface area contributed by atoms with E-state index >= 15 is 0 Å². The van der Waals surface area contributed by atoms with Crippen LogP contribution < -0.4 is 4.90 Å². The van der Waals surface area contributed by atoms with E-state index in [2.05, 4.69) is 51.0 Å². The van der Waals surface area contributed by atoms with Gasteiger partial charge in [0.15, 0.2) is 0 Å².